The van der Waals surface area contributed by atoms with Gasteiger partial charge < -0.3 is 0 Å². The average Bonchev–Trinajstić information content (AvgIpc) is 2.56. The standard InChI is InChI=1S/C10H10N4O2/c1-11-7-13-10(16)14(9(15)12-13)8-5-3-2-4-6-8/h2-7H,1H3,(H,12,15). The molecular formula is C10H10N4O2. The maximum atomic E-state index is 11.8. The first-order valence-corrected chi connectivity index (χ1v) is 4.65. The molecule has 0 atom stereocenters. The van der Waals surface area contributed by atoms with Crippen LogP contribution in [-0.4, -0.2) is 27.7 Å². The van der Waals surface area contributed by atoms with Crippen molar-refractivity contribution in [3.8, 4) is 5.69 Å². The summed E-state index contributed by atoms with van der Waals surface area (Å²) in [6.07, 6.45) is 1.25. The fraction of sp³-hybridized carbons (Fsp3) is 0.100. The highest BCUT2D eigenvalue weighted by molar-refractivity contribution is 5.56. The van der Waals surface area contributed by atoms with Gasteiger partial charge in [0.1, 0.15) is 6.34 Å². The van der Waals surface area contributed by atoms with E-state index in [1.807, 2.05) is 6.07 Å². The molecule has 16 heavy (non-hydrogen) atoms. The summed E-state index contributed by atoms with van der Waals surface area (Å²) in [5, 5.41) is 2.37. The lowest BCUT2D eigenvalue weighted by Gasteiger charge is -1.96. The van der Waals surface area contributed by atoms with Gasteiger partial charge >= 0.3 is 11.4 Å². The molecule has 1 heterocycles. The molecule has 0 unspecified atom stereocenters. The second kappa shape index (κ2) is 4.01. The van der Waals surface area contributed by atoms with Crippen LogP contribution in [0.25, 0.3) is 5.69 Å². The van der Waals surface area contributed by atoms with Gasteiger partial charge in [0.15, 0.2) is 0 Å². The molecule has 0 aliphatic rings. The Morgan fingerprint density at radius 2 is 1.94 bits per heavy atom. The maximum absolute atomic E-state index is 11.8. The summed E-state index contributed by atoms with van der Waals surface area (Å²) in [5.41, 5.74) is -0.435. The molecule has 2 aromatic rings. The zero-order valence-corrected chi connectivity index (χ0v) is 8.62. The minimum absolute atomic E-state index is 0.471. The predicted octanol–water partition coefficient (Wildman–Crippen LogP) is -0.167. The molecule has 0 spiro atoms. The highest BCUT2D eigenvalue weighted by Gasteiger charge is 2.08. The number of aromatic nitrogens is 3. The van der Waals surface area contributed by atoms with Gasteiger partial charge in [0.2, 0.25) is 0 Å². The molecule has 0 bridgehead atoms. The molecule has 6 nitrogen and oxygen atoms in total. The van der Waals surface area contributed by atoms with Crippen molar-refractivity contribution in [3.63, 3.8) is 0 Å². The van der Waals surface area contributed by atoms with Crippen LogP contribution in [0, 0.1) is 0 Å². The van der Waals surface area contributed by atoms with Gasteiger partial charge in [-0.1, -0.05) is 18.2 Å². The number of nitrogens with one attached hydrogen (secondary N) is 1. The lowest BCUT2D eigenvalue weighted by molar-refractivity contribution is 0.892. The van der Waals surface area contributed by atoms with Gasteiger partial charge in [0.25, 0.3) is 0 Å². The van der Waals surface area contributed by atoms with Crippen molar-refractivity contribution in [2.75, 3.05) is 7.05 Å². The summed E-state index contributed by atoms with van der Waals surface area (Å²) in [5.74, 6) is 0. The van der Waals surface area contributed by atoms with E-state index < -0.39 is 11.4 Å². The number of para-hydroxylation sites is 1. The third-order valence-corrected chi connectivity index (χ3v) is 2.06. The van der Waals surface area contributed by atoms with Crippen LogP contribution in [0.3, 0.4) is 0 Å². The first-order valence-electron chi connectivity index (χ1n) is 4.65. The Kier molecular flexibility index (Phi) is 2.55. The van der Waals surface area contributed by atoms with Crippen LogP contribution in [-0.2, 0) is 0 Å². The van der Waals surface area contributed by atoms with Gasteiger partial charge in [0.05, 0.1) is 5.69 Å². The largest absolute Gasteiger partial charge is 0.357 e. The van der Waals surface area contributed by atoms with E-state index in [0.29, 0.717) is 5.69 Å². The molecule has 0 saturated heterocycles. The summed E-state index contributed by atoms with van der Waals surface area (Å²) in [7, 11) is 1.52. The van der Waals surface area contributed by atoms with Crippen LogP contribution in [0.2, 0.25) is 0 Å². The number of aliphatic imine (C=N–C) groups is 1. The zero-order valence-electron chi connectivity index (χ0n) is 8.62. The van der Waals surface area contributed by atoms with E-state index in [1.165, 1.54) is 13.4 Å². The normalized spacial score (nSPS) is 11.1. The third kappa shape index (κ3) is 1.60. The van der Waals surface area contributed by atoms with Gasteiger partial charge in [-0.2, -0.15) is 4.68 Å². The van der Waals surface area contributed by atoms with E-state index >= 15 is 0 Å². The van der Waals surface area contributed by atoms with E-state index in [2.05, 4.69) is 10.1 Å². The molecular weight excluding hydrogens is 208 g/mol. The molecule has 0 radical (unpaired) electrons. The SMILES string of the molecule is CN=Cn1[nH]c(=O)n(-c2ccccc2)c1=O. The Balaban J connectivity index is 2.68. The zero-order chi connectivity index (χ0) is 11.5. The first kappa shape index (κ1) is 10.2. The van der Waals surface area contributed by atoms with Crippen molar-refractivity contribution >= 4 is 6.34 Å². The van der Waals surface area contributed by atoms with Gasteiger partial charge in [-0.15, -0.1) is 0 Å². The minimum Gasteiger partial charge on any atom is -0.277 e. The molecule has 1 aromatic carbocycles. The van der Waals surface area contributed by atoms with E-state index in [0.717, 1.165) is 9.25 Å². The Labute approximate surface area is 90.5 Å². The number of rotatable bonds is 2. The molecule has 0 aliphatic carbocycles. The molecule has 0 fully saturated rings. The summed E-state index contributed by atoms with van der Waals surface area (Å²) in [6.45, 7) is 0. The quantitative estimate of drug-likeness (QED) is 0.561. The van der Waals surface area contributed by atoms with Gasteiger partial charge in [-0.05, 0) is 12.1 Å². The van der Waals surface area contributed by atoms with E-state index in [9.17, 15) is 9.59 Å². The van der Waals surface area contributed by atoms with Crippen LogP contribution >= 0.6 is 0 Å². The van der Waals surface area contributed by atoms with Crippen molar-refractivity contribution in [2.24, 2.45) is 4.99 Å². The number of aromatic amines is 1. The van der Waals surface area contributed by atoms with Crippen molar-refractivity contribution in [1.82, 2.24) is 14.3 Å². The van der Waals surface area contributed by atoms with Crippen molar-refractivity contribution in [3.05, 3.63) is 51.3 Å². The van der Waals surface area contributed by atoms with Crippen molar-refractivity contribution in [2.45, 2.75) is 0 Å². The van der Waals surface area contributed by atoms with Crippen molar-refractivity contribution in [1.29, 1.82) is 0 Å². The van der Waals surface area contributed by atoms with Gasteiger partial charge in [-0.3, -0.25) is 4.99 Å². The fourth-order valence-corrected chi connectivity index (χ4v) is 1.39. The van der Waals surface area contributed by atoms with Crippen LogP contribution in [0.4, 0.5) is 0 Å². The predicted molar refractivity (Wildman–Crippen MR) is 60.5 cm³/mol. The highest BCUT2D eigenvalue weighted by Crippen LogP contribution is 1.99. The molecule has 82 valence electrons. The Morgan fingerprint density at radius 1 is 1.25 bits per heavy atom. The number of benzene rings is 1. The summed E-state index contributed by atoms with van der Waals surface area (Å²) >= 11 is 0. The smallest absolute Gasteiger partial charge is 0.277 e. The maximum Gasteiger partial charge on any atom is 0.357 e. The molecule has 2 rings (SSSR count). The second-order valence-corrected chi connectivity index (χ2v) is 3.11. The Morgan fingerprint density at radius 3 is 2.56 bits per heavy atom. The third-order valence-electron chi connectivity index (χ3n) is 2.06. The molecule has 1 aromatic heterocycles. The lowest BCUT2D eigenvalue weighted by atomic mass is 10.3. The molecule has 6 heteroatoms. The average molecular weight is 218 g/mol. The number of hydrogen-bond acceptors (Lipinski definition) is 3. The van der Waals surface area contributed by atoms with E-state index in [-0.39, 0.29) is 0 Å². The number of H-pyrrole nitrogens is 1. The van der Waals surface area contributed by atoms with E-state index in [4.69, 9.17) is 0 Å². The topological polar surface area (TPSA) is 72.2 Å². The van der Waals surface area contributed by atoms with Crippen LogP contribution in [0.15, 0.2) is 44.9 Å². The Hall–Kier alpha value is -2.37. The van der Waals surface area contributed by atoms with Crippen molar-refractivity contribution < 1.29 is 0 Å². The first-order chi connectivity index (χ1) is 7.74. The lowest BCUT2D eigenvalue weighted by Crippen LogP contribution is -2.27. The molecule has 0 amide bonds. The Bertz CT molecular complexity index is 618. The summed E-state index contributed by atoms with van der Waals surface area (Å²) in [4.78, 5) is 27.0. The summed E-state index contributed by atoms with van der Waals surface area (Å²) < 4.78 is 2.08. The fourth-order valence-electron chi connectivity index (χ4n) is 1.39. The van der Waals surface area contributed by atoms with Gasteiger partial charge in [0, 0.05) is 7.05 Å². The molecule has 1 N–H and O–H groups in total. The number of hydrogen-bond donors (Lipinski definition) is 1. The monoisotopic (exact) mass is 218 g/mol. The summed E-state index contributed by atoms with van der Waals surface area (Å²) in [6, 6.07) is 8.69. The molecule has 0 aliphatic heterocycles. The highest BCUT2D eigenvalue weighted by atomic mass is 16.2. The van der Waals surface area contributed by atoms with Crippen LogP contribution in [0.1, 0.15) is 0 Å². The van der Waals surface area contributed by atoms with Gasteiger partial charge in [-0.25, -0.2) is 19.3 Å². The number of nitrogens with zero attached hydrogens (tertiary/aromatic N) is 3. The van der Waals surface area contributed by atoms with Crippen LogP contribution in [0.5, 0.6) is 0 Å². The minimum atomic E-state index is -0.490. The molecule has 0 saturated carbocycles. The van der Waals surface area contributed by atoms with Crippen LogP contribution < -0.4 is 11.4 Å². The second-order valence-electron chi connectivity index (χ2n) is 3.11. The van der Waals surface area contributed by atoms with E-state index in [1.54, 1.807) is 24.3 Å².